The van der Waals surface area contributed by atoms with Crippen LogP contribution in [0.1, 0.15) is 0 Å². The van der Waals surface area contributed by atoms with E-state index >= 15 is 0 Å². The Bertz CT molecular complexity index is 201. The number of carbonyl (C=O) groups excluding carboxylic acids is 1. The van der Waals surface area contributed by atoms with Crippen LogP contribution in [0.4, 0.5) is 0 Å². The van der Waals surface area contributed by atoms with Crippen LogP contribution in [0.3, 0.4) is 0 Å². The largest absolute Gasteiger partial charge is 0.452 e. The van der Waals surface area contributed by atoms with Crippen molar-refractivity contribution in [1.82, 2.24) is 0 Å². The van der Waals surface area contributed by atoms with Crippen LogP contribution in [0.15, 0.2) is 12.2 Å². The Morgan fingerprint density at radius 1 is 1.43 bits per heavy atom. The molecule has 1 atom stereocenters. The lowest BCUT2D eigenvalue weighted by molar-refractivity contribution is -0.143. The highest BCUT2D eigenvalue weighted by molar-refractivity contribution is 5.84. The van der Waals surface area contributed by atoms with Crippen molar-refractivity contribution in [3.05, 3.63) is 12.2 Å². The fourth-order valence-electron chi connectivity index (χ4n) is 0.928. The van der Waals surface area contributed by atoms with E-state index in [4.69, 9.17) is 18.9 Å². The Kier molecular flexibility index (Phi) is 5.21. The molecule has 0 unspecified atom stereocenters. The standard InChI is InChI=1S/C9H14O5/c1-11-4-5-12-7-13-6-8-2-3-9(10)14-8/h2-3,8H,4-7H2,1H3/t8-/m0/s1. The van der Waals surface area contributed by atoms with Crippen LogP contribution in [0, 0.1) is 0 Å². The van der Waals surface area contributed by atoms with Crippen molar-refractivity contribution in [3.63, 3.8) is 0 Å². The minimum absolute atomic E-state index is 0.186. The third-order valence-electron chi connectivity index (χ3n) is 1.60. The maximum absolute atomic E-state index is 10.6. The molecule has 0 fully saturated rings. The molecule has 1 aliphatic rings. The minimum Gasteiger partial charge on any atom is -0.452 e. The maximum atomic E-state index is 10.6. The van der Waals surface area contributed by atoms with Gasteiger partial charge in [-0.05, 0) is 6.08 Å². The molecule has 5 heteroatoms. The van der Waals surface area contributed by atoms with E-state index in [1.54, 1.807) is 13.2 Å². The number of cyclic esters (lactones) is 1. The molecule has 14 heavy (non-hydrogen) atoms. The average Bonchev–Trinajstić information content (AvgIpc) is 2.58. The summed E-state index contributed by atoms with van der Waals surface area (Å²) in [5.41, 5.74) is 0. The first kappa shape index (κ1) is 11.2. The Labute approximate surface area is 82.6 Å². The summed E-state index contributed by atoms with van der Waals surface area (Å²) < 4.78 is 19.8. The highest BCUT2D eigenvalue weighted by Gasteiger charge is 2.15. The molecule has 0 aromatic carbocycles. The molecule has 0 saturated carbocycles. The second kappa shape index (κ2) is 6.53. The summed E-state index contributed by atoms with van der Waals surface area (Å²) in [6.45, 7) is 1.55. The van der Waals surface area contributed by atoms with Crippen LogP contribution in [0.25, 0.3) is 0 Å². The summed E-state index contributed by atoms with van der Waals surface area (Å²) in [6, 6.07) is 0. The predicted molar refractivity (Wildman–Crippen MR) is 47.7 cm³/mol. The third-order valence-corrected chi connectivity index (χ3v) is 1.60. The summed E-state index contributed by atoms with van der Waals surface area (Å²) in [5, 5.41) is 0. The van der Waals surface area contributed by atoms with Gasteiger partial charge in [0.2, 0.25) is 0 Å². The molecule has 0 bridgehead atoms. The van der Waals surface area contributed by atoms with E-state index in [0.717, 1.165) is 0 Å². The van der Waals surface area contributed by atoms with Crippen molar-refractivity contribution in [2.75, 3.05) is 33.7 Å². The normalized spacial score (nSPS) is 20.1. The zero-order chi connectivity index (χ0) is 10.2. The summed E-state index contributed by atoms with van der Waals surface area (Å²) >= 11 is 0. The average molecular weight is 202 g/mol. The quantitative estimate of drug-likeness (QED) is 0.333. The topological polar surface area (TPSA) is 54.0 Å². The van der Waals surface area contributed by atoms with Gasteiger partial charge in [-0.15, -0.1) is 0 Å². The van der Waals surface area contributed by atoms with Gasteiger partial charge in [-0.1, -0.05) is 0 Å². The minimum atomic E-state index is -0.320. The maximum Gasteiger partial charge on any atom is 0.331 e. The van der Waals surface area contributed by atoms with E-state index < -0.39 is 0 Å². The number of ether oxygens (including phenoxy) is 4. The smallest absolute Gasteiger partial charge is 0.331 e. The zero-order valence-corrected chi connectivity index (χ0v) is 8.10. The Morgan fingerprint density at radius 3 is 2.93 bits per heavy atom. The van der Waals surface area contributed by atoms with E-state index in [-0.39, 0.29) is 18.9 Å². The molecule has 80 valence electrons. The molecule has 1 aliphatic heterocycles. The van der Waals surface area contributed by atoms with Gasteiger partial charge in [0.1, 0.15) is 12.9 Å². The number of hydrogen-bond donors (Lipinski definition) is 0. The van der Waals surface area contributed by atoms with Gasteiger partial charge in [-0.25, -0.2) is 4.79 Å². The Morgan fingerprint density at radius 2 is 2.29 bits per heavy atom. The van der Waals surface area contributed by atoms with Crippen molar-refractivity contribution >= 4 is 5.97 Å². The first-order valence-electron chi connectivity index (χ1n) is 4.36. The molecule has 0 radical (unpaired) electrons. The molecule has 0 aromatic heterocycles. The third kappa shape index (κ3) is 4.36. The monoisotopic (exact) mass is 202 g/mol. The van der Waals surface area contributed by atoms with Crippen LogP contribution in [-0.2, 0) is 23.7 Å². The molecule has 1 rings (SSSR count). The van der Waals surface area contributed by atoms with Crippen molar-refractivity contribution in [1.29, 1.82) is 0 Å². The molecule has 1 heterocycles. The highest BCUT2D eigenvalue weighted by Crippen LogP contribution is 2.04. The molecular weight excluding hydrogens is 188 g/mol. The molecule has 0 aliphatic carbocycles. The molecule has 0 spiro atoms. The zero-order valence-electron chi connectivity index (χ0n) is 8.10. The van der Waals surface area contributed by atoms with Crippen LogP contribution < -0.4 is 0 Å². The van der Waals surface area contributed by atoms with Crippen molar-refractivity contribution < 1.29 is 23.7 Å². The van der Waals surface area contributed by atoms with Crippen LogP contribution in [-0.4, -0.2) is 45.8 Å². The van der Waals surface area contributed by atoms with Crippen LogP contribution >= 0.6 is 0 Å². The molecule has 0 amide bonds. The van der Waals surface area contributed by atoms with Gasteiger partial charge >= 0.3 is 5.97 Å². The second-order valence-corrected chi connectivity index (χ2v) is 2.72. The van der Waals surface area contributed by atoms with E-state index in [2.05, 4.69) is 0 Å². The first-order valence-corrected chi connectivity index (χ1v) is 4.36. The Balaban J connectivity index is 1.89. The van der Waals surface area contributed by atoms with Crippen LogP contribution in [0.2, 0.25) is 0 Å². The number of hydrogen-bond acceptors (Lipinski definition) is 5. The van der Waals surface area contributed by atoms with Crippen molar-refractivity contribution in [3.8, 4) is 0 Å². The number of carbonyl (C=O) groups is 1. The SMILES string of the molecule is COCCOCOC[C@@H]1C=CC(=O)O1. The van der Waals surface area contributed by atoms with Gasteiger partial charge in [-0.3, -0.25) is 0 Å². The lowest BCUT2D eigenvalue weighted by Gasteiger charge is -2.09. The highest BCUT2D eigenvalue weighted by atomic mass is 16.7. The molecule has 0 saturated heterocycles. The summed E-state index contributed by atoms with van der Waals surface area (Å²) in [6.07, 6.45) is 2.78. The van der Waals surface area contributed by atoms with Crippen LogP contribution in [0.5, 0.6) is 0 Å². The van der Waals surface area contributed by atoms with Gasteiger partial charge in [-0.2, -0.15) is 0 Å². The van der Waals surface area contributed by atoms with Crippen molar-refractivity contribution in [2.24, 2.45) is 0 Å². The fourth-order valence-corrected chi connectivity index (χ4v) is 0.928. The molecule has 0 N–H and O–H groups in total. The summed E-state index contributed by atoms with van der Waals surface area (Å²) in [5.74, 6) is -0.320. The van der Waals surface area contributed by atoms with Gasteiger partial charge < -0.3 is 18.9 Å². The molecule has 0 aromatic rings. The van der Waals surface area contributed by atoms with Gasteiger partial charge in [0, 0.05) is 13.2 Å². The van der Waals surface area contributed by atoms with Crippen molar-refractivity contribution in [2.45, 2.75) is 6.10 Å². The second-order valence-electron chi connectivity index (χ2n) is 2.72. The summed E-state index contributed by atoms with van der Waals surface area (Å²) in [7, 11) is 1.60. The summed E-state index contributed by atoms with van der Waals surface area (Å²) in [4.78, 5) is 10.6. The fraction of sp³-hybridized carbons (Fsp3) is 0.667. The molecule has 5 nitrogen and oxygen atoms in total. The van der Waals surface area contributed by atoms with E-state index in [1.165, 1.54) is 6.08 Å². The Hall–Kier alpha value is -0.910. The number of methoxy groups -OCH3 is 1. The lowest BCUT2D eigenvalue weighted by Crippen LogP contribution is -2.17. The number of rotatable bonds is 7. The van der Waals surface area contributed by atoms with Gasteiger partial charge in [0.05, 0.1) is 19.8 Å². The lowest BCUT2D eigenvalue weighted by atomic mass is 10.4. The van der Waals surface area contributed by atoms with E-state index in [0.29, 0.717) is 19.8 Å². The number of esters is 1. The van der Waals surface area contributed by atoms with Gasteiger partial charge in [0.25, 0.3) is 0 Å². The first-order chi connectivity index (χ1) is 6.83. The predicted octanol–water partition coefficient (Wildman–Crippen LogP) is 0.105. The van der Waals surface area contributed by atoms with Gasteiger partial charge in [0.15, 0.2) is 0 Å². The van der Waals surface area contributed by atoms with E-state index in [9.17, 15) is 4.79 Å². The van der Waals surface area contributed by atoms with E-state index in [1.807, 2.05) is 0 Å². The molecular formula is C9H14O5.